The highest BCUT2D eigenvalue weighted by Gasteiger charge is 2.14. The normalized spacial score (nSPS) is 12.8. The smallest absolute Gasteiger partial charge is 0.126 e. The number of aromatic nitrogens is 2. The van der Waals surface area contributed by atoms with Crippen LogP contribution in [0.1, 0.15) is 24.1 Å². The second-order valence-corrected chi connectivity index (χ2v) is 5.06. The van der Waals surface area contributed by atoms with Crippen molar-refractivity contribution in [3.8, 4) is 5.69 Å². The molecule has 0 saturated carbocycles. The van der Waals surface area contributed by atoms with Crippen molar-refractivity contribution in [2.45, 2.75) is 19.9 Å². The van der Waals surface area contributed by atoms with Crippen molar-refractivity contribution < 1.29 is 4.39 Å². The van der Waals surface area contributed by atoms with Gasteiger partial charge < -0.3 is 5.73 Å². The second-order valence-electron chi connectivity index (χ2n) is 5.06. The molecule has 4 heteroatoms. The number of nitrogens with two attached hydrogens (primary N) is 1. The lowest BCUT2D eigenvalue weighted by Gasteiger charge is -2.15. The van der Waals surface area contributed by atoms with Gasteiger partial charge in [-0.1, -0.05) is 18.2 Å². The van der Waals surface area contributed by atoms with E-state index in [1.807, 2.05) is 35.9 Å². The Kier molecular flexibility index (Phi) is 3.03. The third-order valence-corrected chi connectivity index (χ3v) is 3.50. The van der Waals surface area contributed by atoms with Crippen molar-refractivity contribution in [3.05, 3.63) is 59.5 Å². The molecule has 3 rings (SSSR count). The van der Waals surface area contributed by atoms with Gasteiger partial charge in [-0.2, -0.15) is 5.10 Å². The van der Waals surface area contributed by atoms with E-state index in [1.54, 1.807) is 19.2 Å². The lowest BCUT2D eigenvalue weighted by Crippen LogP contribution is -2.11. The molecule has 2 N–H and O–H groups in total. The summed E-state index contributed by atoms with van der Waals surface area (Å²) in [6, 6.07) is 11.0. The van der Waals surface area contributed by atoms with E-state index in [-0.39, 0.29) is 11.9 Å². The number of halogens is 1. The van der Waals surface area contributed by atoms with Crippen molar-refractivity contribution in [2.75, 3.05) is 0 Å². The molecule has 3 nitrogen and oxygen atoms in total. The maximum atomic E-state index is 13.8. The highest BCUT2D eigenvalue weighted by molar-refractivity contribution is 5.80. The number of para-hydroxylation sites is 1. The molecule has 2 aromatic carbocycles. The van der Waals surface area contributed by atoms with E-state index < -0.39 is 0 Å². The van der Waals surface area contributed by atoms with E-state index in [0.29, 0.717) is 5.56 Å². The van der Waals surface area contributed by atoms with Crippen LogP contribution in [0.3, 0.4) is 0 Å². The van der Waals surface area contributed by atoms with Gasteiger partial charge in [-0.15, -0.1) is 0 Å². The van der Waals surface area contributed by atoms with E-state index >= 15 is 0 Å². The van der Waals surface area contributed by atoms with Crippen LogP contribution in [0.15, 0.2) is 42.6 Å². The fourth-order valence-electron chi connectivity index (χ4n) is 2.39. The van der Waals surface area contributed by atoms with Crippen LogP contribution in [0, 0.1) is 12.7 Å². The summed E-state index contributed by atoms with van der Waals surface area (Å²) in [5.41, 5.74) is 9.13. The van der Waals surface area contributed by atoms with E-state index in [9.17, 15) is 4.39 Å². The predicted molar refractivity (Wildman–Crippen MR) is 78.4 cm³/mol. The molecular formula is C16H16FN3. The Balaban J connectivity index is 2.31. The highest BCUT2D eigenvalue weighted by Crippen LogP contribution is 2.26. The number of hydrogen-bond acceptors (Lipinski definition) is 2. The first-order valence-electron chi connectivity index (χ1n) is 6.56. The van der Waals surface area contributed by atoms with Crippen LogP contribution >= 0.6 is 0 Å². The number of nitrogens with zero attached hydrogens (tertiary/aromatic N) is 2. The Morgan fingerprint density at radius 2 is 2.00 bits per heavy atom. The molecule has 1 unspecified atom stereocenters. The SMILES string of the molecule is Cc1cc(-n2ncc3ccccc32)c(C(C)N)cc1F. The molecule has 0 bridgehead atoms. The van der Waals surface area contributed by atoms with Crippen molar-refractivity contribution in [2.24, 2.45) is 5.73 Å². The Bertz CT molecular complexity index is 774. The van der Waals surface area contributed by atoms with Gasteiger partial charge in [0.25, 0.3) is 0 Å². The van der Waals surface area contributed by atoms with Crippen LogP contribution in [0.2, 0.25) is 0 Å². The number of hydrogen-bond donors (Lipinski definition) is 1. The zero-order chi connectivity index (χ0) is 14.3. The molecule has 1 atom stereocenters. The van der Waals surface area contributed by atoms with Crippen LogP contribution in [0.25, 0.3) is 16.6 Å². The average Bonchev–Trinajstić information content (AvgIpc) is 2.85. The molecule has 1 heterocycles. The molecule has 0 fully saturated rings. The zero-order valence-corrected chi connectivity index (χ0v) is 11.5. The van der Waals surface area contributed by atoms with Gasteiger partial charge in [0.2, 0.25) is 0 Å². The summed E-state index contributed by atoms with van der Waals surface area (Å²) < 4.78 is 15.6. The number of aryl methyl sites for hydroxylation is 1. The molecule has 0 aliphatic carbocycles. The number of fused-ring (bicyclic) bond motifs is 1. The van der Waals surface area contributed by atoms with E-state index in [2.05, 4.69) is 5.10 Å². The summed E-state index contributed by atoms with van der Waals surface area (Å²) in [5, 5.41) is 5.46. The molecule has 0 spiro atoms. The molecular weight excluding hydrogens is 253 g/mol. The highest BCUT2D eigenvalue weighted by atomic mass is 19.1. The second kappa shape index (κ2) is 4.72. The Labute approximate surface area is 116 Å². The van der Waals surface area contributed by atoms with E-state index in [4.69, 9.17) is 5.73 Å². The van der Waals surface area contributed by atoms with Crippen molar-refractivity contribution >= 4 is 10.9 Å². The maximum absolute atomic E-state index is 13.8. The van der Waals surface area contributed by atoms with Gasteiger partial charge in [-0.05, 0) is 43.2 Å². The topological polar surface area (TPSA) is 43.8 Å². The molecule has 0 aliphatic rings. The summed E-state index contributed by atoms with van der Waals surface area (Å²) >= 11 is 0. The molecule has 0 aliphatic heterocycles. The third kappa shape index (κ3) is 1.98. The maximum Gasteiger partial charge on any atom is 0.126 e. The van der Waals surface area contributed by atoms with Gasteiger partial charge in [0, 0.05) is 11.4 Å². The van der Waals surface area contributed by atoms with Gasteiger partial charge in [0.05, 0.1) is 17.4 Å². The van der Waals surface area contributed by atoms with E-state index in [1.165, 1.54) is 6.07 Å². The van der Waals surface area contributed by atoms with E-state index in [0.717, 1.165) is 22.2 Å². The number of benzene rings is 2. The zero-order valence-electron chi connectivity index (χ0n) is 11.5. The van der Waals surface area contributed by atoms with Gasteiger partial charge in [-0.25, -0.2) is 9.07 Å². The third-order valence-electron chi connectivity index (χ3n) is 3.50. The van der Waals surface area contributed by atoms with Crippen molar-refractivity contribution in [1.29, 1.82) is 0 Å². The molecule has 1 aromatic heterocycles. The summed E-state index contributed by atoms with van der Waals surface area (Å²) in [6.07, 6.45) is 1.80. The minimum atomic E-state index is -0.261. The van der Waals surface area contributed by atoms with Crippen LogP contribution in [-0.4, -0.2) is 9.78 Å². The fraction of sp³-hybridized carbons (Fsp3) is 0.188. The summed E-state index contributed by atoms with van der Waals surface area (Å²) in [4.78, 5) is 0. The Morgan fingerprint density at radius 1 is 1.25 bits per heavy atom. The largest absolute Gasteiger partial charge is 0.324 e. The van der Waals surface area contributed by atoms with Crippen molar-refractivity contribution in [1.82, 2.24) is 9.78 Å². The van der Waals surface area contributed by atoms with Gasteiger partial charge >= 0.3 is 0 Å². The van der Waals surface area contributed by atoms with Crippen LogP contribution in [0.5, 0.6) is 0 Å². The van der Waals surface area contributed by atoms with Gasteiger partial charge in [-0.3, -0.25) is 0 Å². The predicted octanol–water partition coefficient (Wildman–Crippen LogP) is 3.49. The fourth-order valence-corrected chi connectivity index (χ4v) is 2.39. The standard InChI is InChI=1S/C16H16FN3/c1-10-7-16(13(11(2)18)8-14(10)17)20-15-6-4-3-5-12(15)9-19-20/h3-9,11H,18H2,1-2H3. The van der Waals surface area contributed by atoms with Crippen LogP contribution < -0.4 is 5.73 Å². The summed E-state index contributed by atoms with van der Waals surface area (Å²) in [5.74, 6) is -0.238. The molecule has 3 aromatic rings. The molecule has 20 heavy (non-hydrogen) atoms. The summed E-state index contributed by atoms with van der Waals surface area (Å²) in [6.45, 7) is 3.59. The molecule has 0 amide bonds. The van der Waals surface area contributed by atoms with Crippen molar-refractivity contribution in [3.63, 3.8) is 0 Å². The molecule has 0 saturated heterocycles. The average molecular weight is 269 g/mol. The first-order valence-corrected chi connectivity index (χ1v) is 6.56. The lowest BCUT2D eigenvalue weighted by molar-refractivity contribution is 0.611. The summed E-state index contributed by atoms with van der Waals surface area (Å²) in [7, 11) is 0. The molecule has 102 valence electrons. The number of rotatable bonds is 2. The lowest BCUT2D eigenvalue weighted by atomic mass is 10.0. The Morgan fingerprint density at radius 3 is 2.75 bits per heavy atom. The first kappa shape index (κ1) is 12.8. The Hall–Kier alpha value is -2.20. The first-order chi connectivity index (χ1) is 9.58. The monoisotopic (exact) mass is 269 g/mol. The minimum Gasteiger partial charge on any atom is -0.324 e. The van der Waals surface area contributed by atoms with Gasteiger partial charge in [0.1, 0.15) is 5.82 Å². The quantitative estimate of drug-likeness (QED) is 0.774. The molecule has 0 radical (unpaired) electrons. The van der Waals surface area contributed by atoms with Crippen LogP contribution in [-0.2, 0) is 0 Å². The van der Waals surface area contributed by atoms with Crippen LogP contribution in [0.4, 0.5) is 4.39 Å². The minimum absolute atomic E-state index is 0.238. The van der Waals surface area contributed by atoms with Gasteiger partial charge in [0.15, 0.2) is 0 Å².